The Morgan fingerprint density at radius 2 is 1.31 bits per heavy atom. The minimum atomic E-state index is -1.18. The smallest absolute Gasteiger partial charge is 0.0603 e. The zero-order chi connectivity index (χ0) is 10.3. The van der Waals surface area contributed by atoms with Crippen LogP contribution in [0.2, 0.25) is 24.7 Å². The monoisotopic (exact) mass is 194 g/mol. The Morgan fingerprint density at radius 1 is 0.923 bits per heavy atom. The van der Waals surface area contributed by atoms with Crippen LogP contribution in [0.3, 0.4) is 0 Å². The van der Waals surface area contributed by atoms with Gasteiger partial charge in [-0.3, -0.25) is 0 Å². The van der Waals surface area contributed by atoms with E-state index in [-0.39, 0.29) is 0 Å². The van der Waals surface area contributed by atoms with E-state index in [4.69, 9.17) is 0 Å². The summed E-state index contributed by atoms with van der Waals surface area (Å²) in [5, 5.41) is 0.347. The van der Waals surface area contributed by atoms with Crippen LogP contribution in [-0.2, 0) is 0 Å². The summed E-state index contributed by atoms with van der Waals surface area (Å²) in [5.41, 5.74) is 0.348. The highest BCUT2D eigenvalue weighted by atomic mass is 28.3. The zero-order valence-corrected chi connectivity index (χ0v) is 10.8. The topological polar surface area (TPSA) is 0 Å². The average molecular weight is 194 g/mol. The van der Waals surface area contributed by atoms with Crippen molar-refractivity contribution in [3.05, 3.63) is 24.3 Å². The van der Waals surface area contributed by atoms with Crippen LogP contribution >= 0.6 is 0 Å². The summed E-state index contributed by atoms with van der Waals surface area (Å²) >= 11 is 0. The molecule has 1 aliphatic carbocycles. The van der Waals surface area contributed by atoms with E-state index in [1.165, 1.54) is 0 Å². The van der Waals surface area contributed by atoms with Gasteiger partial charge in [0.2, 0.25) is 0 Å². The van der Waals surface area contributed by atoms with E-state index >= 15 is 0 Å². The van der Waals surface area contributed by atoms with Gasteiger partial charge in [-0.2, -0.15) is 0 Å². The summed E-state index contributed by atoms with van der Waals surface area (Å²) in [7, 11) is -1.18. The van der Waals surface area contributed by atoms with Crippen LogP contribution in [0.15, 0.2) is 24.3 Å². The first-order chi connectivity index (χ1) is 5.71. The normalized spacial score (nSPS) is 21.1. The molecule has 13 heavy (non-hydrogen) atoms. The molecule has 0 aromatic carbocycles. The lowest BCUT2D eigenvalue weighted by atomic mass is 9.80. The number of hydrogen-bond acceptors (Lipinski definition) is 0. The second-order valence-corrected chi connectivity index (χ2v) is 11.4. The van der Waals surface area contributed by atoms with E-state index in [1.807, 2.05) is 0 Å². The van der Waals surface area contributed by atoms with E-state index < -0.39 is 8.07 Å². The van der Waals surface area contributed by atoms with Gasteiger partial charge in [0.05, 0.1) is 8.07 Å². The molecule has 0 aliphatic heterocycles. The maximum absolute atomic E-state index is 2.46. The van der Waals surface area contributed by atoms with Crippen molar-refractivity contribution in [2.24, 2.45) is 5.41 Å². The van der Waals surface area contributed by atoms with Crippen molar-refractivity contribution >= 4 is 8.07 Å². The number of allylic oxidation sites excluding steroid dienone is 4. The van der Waals surface area contributed by atoms with Crippen molar-refractivity contribution < 1.29 is 0 Å². The van der Waals surface area contributed by atoms with E-state index in [1.54, 1.807) is 0 Å². The van der Waals surface area contributed by atoms with Crippen LogP contribution < -0.4 is 0 Å². The Balaban J connectivity index is 3.19. The fourth-order valence-corrected chi connectivity index (χ4v) is 6.04. The third-order valence-electron chi connectivity index (χ3n) is 3.31. The third-order valence-corrected chi connectivity index (χ3v) is 6.88. The van der Waals surface area contributed by atoms with Gasteiger partial charge in [0.1, 0.15) is 0 Å². The highest BCUT2D eigenvalue weighted by Crippen LogP contribution is 2.56. The molecule has 0 N–H and O–H groups in total. The van der Waals surface area contributed by atoms with Crippen molar-refractivity contribution in [2.75, 3.05) is 0 Å². The third kappa shape index (κ3) is 1.54. The fourth-order valence-electron chi connectivity index (χ4n) is 2.60. The van der Waals surface area contributed by atoms with Crippen LogP contribution in [0, 0.1) is 5.41 Å². The molecule has 0 saturated heterocycles. The van der Waals surface area contributed by atoms with Crippen molar-refractivity contribution in [1.29, 1.82) is 0 Å². The Hall–Kier alpha value is -0.303. The molecule has 1 rings (SSSR count). The predicted octanol–water partition coefficient (Wildman–Crippen LogP) is 4.24. The van der Waals surface area contributed by atoms with Gasteiger partial charge in [0.15, 0.2) is 0 Å². The molecule has 0 amide bonds. The molecule has 0 aromatic heterocycles. The first kappa shape index (κ1) is 10.8. The average Bonchev–Trinajstić information content (AvgIpc) is 2.28. The summed E-state index contributed by atoms with van der Waals surface area (Å²) in [6.07, 6.45) is 9.26. The van der Waals surface area contributed by atoms with Gasteiger partial charge >= 0.3 is 0 Å². The van der Waals surface area contributed by atoms with Gasteiger partial charge in [-0.05, 0) is 5.41 Å². The van der Waals surface area contributed by atoms with Gasteiger partial charge in [-0.15, -0.1) is 0 Å². The maximum Gasteiger partial charge on any atom is 0.0603 e. The van der Waals surface area contributed by atoms with Gasteiger partial charge in [0.25, 0.3) is 0 Å². The molecule has 1 heteroatoms. The molecule has 0 bridgehead atoms. The molecule has 74 valence electrons. The van der Waals surface area contributed by atoms with Crippen molar-refractivity contribution in [2.45, 2.75) is 45.5 Å². The van der Waals surface area contributed by atoms with Gasteiger partial charge in [-0.25, -0.2) is 0 Å². The Kier molecular flexibility index (Phi) is 2.36. The predicted molar refractivity (Wildman–Crippen MR) is 63.8 cm³/mol. The van der Waals surface area contributed by atoms with Crippen molar-refractivity contribution in [3.63, 3.8) is 0 Å². The summed E-state index contributed by atoms with van der Waals surface area (Å²) in [6.45, 7) is 14.4. The molecule has 0 nitrogen and oxygen atoms in total. The highest BCUT2D eigenvalue weighted by molar-refractivity contribution is 6.80. The van der Waals surface area contributed by atoms with Crippen LogP contribution in [0.25, 0.3) is 0 Å². The summed E-state index contributed by atoms with van der Waals surface area (Å²) in [5.74, 6) is 0. The lowest BCUT2D eigenvalue weighted by Gasteiger charge is -2.48. The molecular weight excluding hydrogens is 172 g/mol. The molecular formula is C12H22Si. The minimum Gasteiger partial charge on any atom is -0.0768 e. The van der Waals surface area contributed by atoms with Crippen LogP contribution in [0.4, 0.5) is 0 Å². The molecule has 1 aliphatic rings. The van der Waals surface area contributed by atoms with E-state index in [0.717, 1.165) is 0 Å². The quantitative estimate of drug-likeness (QED) is 0.548. The Labute approximate surface area is 83.7 Å². The molecule has 0 heterocycles. The van der Waals surface area contributed by atoms with Gasteiger partial charge in [0, 0.05) is 5.04 Å². The second-order valence-electron chi connectivity index (χ2n) is 6.09. The number of rotatable bonds is 1. The molecule has 0 fully saturated rings. The molecule has 0 saturated carbocycles. The maximum atomic E-state index is 2.46. The van der Waals surface area contributed by atoms with Gasteiger partial charge < -0.3 is 0 Å². The molecule has 0 radical (unpaired) electrons. The molecule has 0 atom stereocenters. The van der Waals surface area contributed by atoms with E-state index in [2.05, 4.69) is 64.7 Å². The Bertz CT molecular complexity index is 217. The van der Waals surface area contributed by atoms with Crippen molar-refractivity contribution in [1.82, 2.24) is 0 Å². The standard InChI is InChI=1S/C12H22Si/c1-11(2,3)12(13(4,5)6)9-7-8-10-12/h7-10H,1-6H3. The first-order valence-electron chi connectivity index (χ1n) is 5.08. The summed E-state index contributed by atoms with van der Waals surface area (Å²) < 4.78 is 0. The first-order valence-corrected chi connectivity index (χ1v) is 8.58. The van der Waals surface area contributed by atoms with Crippen molar-refractivity contribution in [3.8, 4) is 0 Å². The van der Waals surface area contributed by atoms with Crippen LogP contribution in [0.1, 0.15) is 20.8 Å². The van der Waals surface area contributed by atoms with Crippen LogP contribution in [-0.4, -0.2) is 8.07 Å². The number of hydrogen-bond donors (Lipinski definition) is 0. The van der Waals surface area contributed by atoms with E-state index in [9.17, 15) is 0 Å². The summed E-state index contributed by atoms with van der Waals surface area (Å²) in [4.78, 5) is 0. The lowest BCUT2D eigenvalue weighted by Crippen LogP contribution is -2.44. The largest absolute Gasteiger partial charge is 0.0768 e. The zero-order valence-electron chi connectivity index (χ0n) is 9.81. The molecule has 0 spiro atoms. The Morgan fingerprint density at radius 3 is 1.46 bits per heavy atom. The summed E-state index contributed by atoms with van der Waals surface area (Å²) in [6, 6.07) is 0. The highest BCUT2D eigenvalue weighted by Gasteiger charge is 2.48. The SMILES string of the molecule is CC(C)(C)C1([Si](C)(C)C)C=CC=C1. The van der Waals surface area contributed by atoms with Crippen LogP contribution in [0.5, 0.6) is 0 Å². The lowest BCUT2D eigenvalue weighted by molar-refractivity contribution is 0.350. The second kappa shape index (κ2) is 2.84. The van der Waals surface area contributed by atoms with E-state index in [0.29, 0.717) is 10.5 Å². The minimum absolute atomic E-state index is 0.347. The molecule has 0 aromatic rings. The fraction of sp³-hybridized carbons (Fsp3) is 0.667. The molecule has 0 unspecified atom stereocenters. The van der Waals surface area contributed by atoms with Gasteiger partial charge in [-0.1, -0.05) is 64.7 Å².